The molecule has 0 aromatic carbocycles. The van der Waals surface area contributed by atoms with Crippen molar-refractivity contribution in [2.75, 3.05) is 13.2 Å². The number of hydrogen-bond acceptors (Lipinski definition) is 8. The molecule has 1 saturated heterocycles. The Morgan fingerprint density at radius 3 is 1.32 bits per heavy atom. The lowest BCUT2D eigenvalue weighted by atomic mass is 9.99. The topological polar surface area (TPSA) is 149 Å². The van der Waals surface area contributed by atoms with Gasteiger partial charge in [0, 0.05) is 6.42 Å². The van der Waals surface area contributed by atoms with Crippen molar-refractivity contribution in [1.29, 1.82) is 0 Å². The zero-order chi connectivity index (χ0) is 43.0. The molecule has 1 amide bonds. The first-order valence-electron chi connectivity index (χ1n) is 25.4. The summed E-state index contributed by atoms with van der Waals surface area (Å²) < 4.78 is 11.2. The van der Waals surface area contributed by atoms with Crippen LogP contribution in [-0.2, 0) is 14.3 Å². The van der Waals surface area contributed by atoms with Gasteiger partial charge in [0.1, 0.15) is 24.4 Å². The maximum absolute atomic E-state index is 13.0. The maximum atomic E-state index is 13.0. The van der Waals surface area contributed by atoms with E-state index in [1.54, 1.807) is 6.08 Å². The number of allylic oxidation sites excluding steroid dienone is 1. The molecule has 9 heteroatoms. The van der Waals surface area contributed by atoms with Crippen molar-refractivity contribution in [2.45, 2.75) is 288 Å². The smallest absolute Gasteiger partial charge is 0.220 e. The predicted octanol–water partition coefficient (Wildman–Crippen LogP) is 11.3. The van der Waals surface area contributed by atoms with Gasteiger partial charge in [-0.25, -0.2) is 0 Å². The number of unbranched alkanes of at least 4 members (excludes halogenated alkanes) is 33. The van der Waals surface area contributed by atoms with Gasteiger partial charge in [-0.05, 0) is 19.3 Å². The third kappa shape index (κ3) is 31.4. The molecular weight excluding hydrogens is 743 g/mol. The van der Waals surface area contributed by atoms with E-state index in [1.807, 2.05) is 6.08 Å². The average molecular weight is 840 g/mol. The molecule has 1 aliphatic heterocycles. The summed E-state index contributed by atoms with van der Waals surface area (Å²) in [5.74, 6) is -0.172. The standard InChI is InChI=1S/C50H97NO8/c1-3-5-7-9-11-13-15-17-19-20-21-22-23-24-25-26-28-30-32-34-36-38-40-46(54)51-43(42-58-50-49(57)48(56)47(55)45(41-52)59-50)44(53)39-37-35-33-31-29-27-18-16-14-12-10-8-6-4-2/h37,39,43-45,47-50,52-53,55-57H,3-36,38,40-42H2,1-2H3,(H,51,54)/b39-37+/t43-,44+,45+,47+,48?,49?,50+/m0/s1. The van der Waals surface area contributed by atoms with E-state index in [2.05, 4.69) is 19.2 Å². The number of nitrogens with one attached hydrogen (secondary N) is 1. The first-order chi connectivity index (χ1) is 28.8. The van der Waals surface area contributed by atoms with Crippen LogP contribution in [0.5, 0.6) is 0 Å². The van der Waals surface area contributed by atoms with Crippen molar-refractivity contribution in [3.8, 4) is 0 Å². The lowest BCUT2D eigenvalue weighted by Gasteiger charge is -2.40. The molecule has 1 rings (SSSR count). The molecule has 1 heterocycles. The summed E-state index contributed by atoms with van der Waals surface area (Å²) in [5, 5.41) is 54.3. The largest absolute Gasteiger partial charge is 0.394 e. The van der Waals surface area contributed by atoms with Crippen LogP contribution in [0.1, 0.15) is 245 Å². The van der Waals surface area contributed by atoms with Gasteiger partial charge in [-0.15, -0.1) is 0 Å². The van der Waals surface area contributed by atoms with E-state index in [1.165, 1.54) is 186 Å². The number of hydrogen-bond donors (Lipinski definition) is 6. The third-order valence-electron chi connectivity index (χ3n) is 12.4. The molecule has 6 N–H and O–H groups in total. The zero-order valence-corrected chi connectivity index (χ0v) is 38.5. The van der Waals surface area contributed by atoms with Crippen molar-refractivity contribution >= 4 is 5.91 Å². The normalized spacial score (nSPS) is 20.7. The molecule has 0 aromatic heterocycles. The van der Waals surface area contributed by atoms with Crippen LogP contribution >= 0.6 is 0 Å². The molecule has 1 aliphatic rings. The summed E-state index contributed by atoms with van der Waals surface area (Å²) in [7, 11) is 0. The molecule has 0 radical (unpaired) electrons. The molecule has 0 aliphatic carbocycles. The van der Waals surface area contributed by atoms with Crippen LogP contribution in [0, 0.1) is 0 Å². The van der Waals surface area contributed by atoms with Crippen molar-refractivity contribution in [3.05, 3.63) is 12.2 Å². The average Bonchev–Trinajstić information content (AvgIpc) is 3.23. The minimum Gasteiger partial charge on any atom is -0.394 e. The molecule has 9 nitrogen and oxygen atoms in total. The zero-order valence-electron chi connectivity index (χ0n) is 38.5. The molecule has 0 spiro atoms. The van der Waals surface area contributed by atoms with Gasteiger partial charge in [0.15, 0.2) is 6.29 Å². The molecule has 59 heavy (non-hydrogen) atoms. The Morgan fingerprint density at radius 1 is 0.559 bits per heavy atom. The number of ether oxygens (including phenoxy) is 2. The number of amides is 1. The summed E-state index contributed by atoms with van der Waals surface area (Å²) >= 11 is 0. The summed E-state index contributed by atoms with van der Waals surface area (Å²) in [4.78, 5) is 13.0. The molecule has 2 unspecified atom stereocenters. The maximum Gasteiger partial charge on any atom is 0.220 e. The minimum atomic E-state index is -1.56. The molecule has 0 bridgehead atoms. The van der Waals surface area contributed by atoms with Gasteiger partial charge in [-0.3, -0.25) is 4.79 Å². The quantitative estimate of drug-likeness (QED) is 0.0263. The van der Waals surface area contributed by atoms with Crippen LogP contribution in [0.3, 0.4) is 0 Å². The lowest BCUT2D eigenvalue weighted by Crippen LogP contribution is -2.60. The summed E-state index contributed by atoms with van der Waals surface area (Å²) in [6.45, 7) is 3.80. The van der Waals surface area contributed by atoms with Gasteiger partial charge in [-0.1, -0.05) is 231 Å². The molecule has 350 valence electrons. The SMILES string of the molecule is CCCCCCCCCCCCCC/C=C/[C@@H](O)[C@H](CO[C@@H]1O[C@H](CO)[C@@H](O)C(O)C1O)NC(=O)CCCCCCCCCCCCCCCCCCCCCCCC. The van der Waals surface area contributed by atoms with E-state index in [4.69, 9.17) is 9.47 Å². The van der Waals surface area contributed by atoms with E-state index >= 15 is 0 Å². The van der Waals surface area contributed by atoms with Crippen LogP contribution in [0.2, 0.25) is 0 Å². The highest BCUT2D eigenvalue weighted by atomic mass is 16.7. The Hall–Kier alpha value is -1.07. The minimum absolute atomic E-state index is 0.172. The number of aliphatic hydroxyl groups is 5. The number of carbonyl (C=O) groups is 1. The van der Waals surface area contributed by atoms with E-state index in [-0.39, 0.29) is 12.5 Å². The summed E-state index contributed by atoms with van der Waals surface area (Å²) in [5.41, 5.74) is 0. The van der Waals surface area contributed by atoms with Crippen molar-refractivity contribution in [3.63, 3.8) is 0 Å². The van der Waals surface area contributed by atoms with E-state index in [0.717, 1.165) is 38.5 Å². The fourth-order valence-corrected chi connectivity index (χ4v) is 8.28. The third-order valence-corrected chi connectivity index (χ3v) is 12.4. The van der Waals surface area contributed by atoms with Gasteiger partial charge in [0.2, 0.25) is 5.91 Å². The van der Waals surface area contributed by atoms with Gasteiger partial charge in [0.05, 0.1) is 25.4 Å². The van der Waals surface area contributed by atoms with Crippen molar-refractivity contribution in [2.24, 2.45) is 0 Å². The molecule has 7 atom stereocenters. The number of aliphatic hydroxyl groups excluding tert-OH is 5. The highest BCUT2D eigenvalue weighted by Crippen LogP contribution is 2.23. The van der Waals surface area contributed by atoms with Gasteiger partial charge >= 0.3 is 0 Å². The fourth-order valence-electron chi connectivity index (χ4n) is 8.28. The van der Waals surface area contributed by atoms with Crippen molar-refractivity contribution < 1.29 is 39.8 Å². The van der Waals surface area contributed by atoms with Gasteiger partial charge in [-0.2, -0.15) is 0 Å². The highest BCUT2D eigenvalue weighted by Gasteiger charge is 2.44. The van der Waals surface area contributed by atoms with E-state index in [0.29, 0.717) is 6.42 Å². The summed E-state index contributed by atoms with van der Waals surface area (Å²) in [6.07, 6.45) is 41.2. The first-order valence-corrected chi connectivity index (χ1v) is 25.4. The Bertz CT molecular complexity index is 935. The molecule has 0 aromatic rings. The molecular formula is C50H97NO8. The van der Waals surface area contributed by atoms with Crippen LogP contribution in [-0.4, -0.2) is 87.5 Å². The predicted molar refractivity (Wildman–Crippen MR) is 244 cm³/mol. The van der Waals surface area contributed by atoms with Crippen molar-refractivity contribution in [1.82, 2.24) is 5.32 Å². The highest BCUT2D eigenvalue weighted by molar-refractivity contribution is 5.76. The fraction of sp³-hybridized carbons (Fsp3) is 0.940. The Labute approximate surface area is 363 Å². The van der Waals surface area contributed by atoms with Crippen LogP contribution in [0.15, 0.2) is 12.2 Å². The van der Waals surface area contributed by atoms with Crippen LogP contribution < -0.4 is 5.32 Å². The second kappa shape index (κ2) is 41.0. The monoisotopic (exact) mass is 840 g/mol. The number of rotatable bonds is 43. The number of carbonyl (C=O) groups excluding carboxylic acids is 1. The summed E-state index contributed by atoms with van der Waals surface area (Å²) in [6, 6.07) is -0.798. The first kappa shape index (κ1) is 55.9. The second-order valence-electron chi connectivity index (χ2n) is 18.0. The molecule has 1 fully saturated rings. The van der Waals surface area contributed by atoms with Gasteiger partial charge < -0.3 is 40.3 Å². The Balaban J connectivity index is 2.26. The second-order valence-corrected chi connectivity index (χ2v) is 18.0. The Kier molecular flexibility index (Phi) is 38.9. The van der Waals surface area contributed by atoms with Gasteiger partial charge in [0.25, 0.3) is 0 Å². The lowest BCUT2D eigenvalue weighted by molar-refractivity contribution is -0.302. The Morgan fingerprint density at radius 2 is 0.932 bits per heavy atom. The van der Waals surface area contributed by atoms with Crippen LogP contribution in [0.4, 0.5) is 0 Å². The van der Waals surface area contributed by atoms with E-state index < -0.39 is 49.5 Å². The van der Waals surface area contributed by atoms with E-state index in [9.17, 15) is 30.3 Å². The van der Waals surface area contributed by atoms with Crippen LogP contribution in [0.25, 0.3) is 0 Å². The molecule has 0 saturated carbocycles.